The molecule has 0 saturated heterocycles. The molecule has 0 saturated carbocycles. The lowest BCUT2D eigenvalue weighted by atomic mass is 10.1. The highest BCUT2D eigenvalue weighted by molar-refractivity contribution is 7.89. The van der Waals surface area contributed by atoms with Crippen LogP contribution in [0.2, 0.25) is 0 Å². The molecule has 0 aliphatic rings. The molecule has 4 nitrogen and oxygen atoms in total. The molecule has 0 spiro atoms. The van der Waals surface area contributed by atoms with Gasteiger partial charge in [-0.05, 0) is 53.4 Å². The van der Waals surface area contributed by atoms with Crippen molar-refractivity contribution >= 4 is 21.4 Å². The second-order valence-corrected chi connectivity index (χ2v) is 7.15. The Morgan fingerprint density at radius 1 is 1.20 bits per heavy atom. The maximum Gasteiger partial charge on any atom is 0.240 e. The number of thiophene rings is 1. The van der Waals surface area contributed by atoms with E-state index in [0.717, 1.165) is 5.56 Å². The van der Waals surface area contributed by atoms with Crippen molar-refractivity contribution < 1.29 is 13.5 Å². The van der Waals surface area contributed by atoms with Crippen molar-refractivity contribution in [1.29, 1.82) is 0 Å². The van der Waals surface area contributed by atoms with E-state index >= 15 is 0 Å². The van der Waals surface area contributed by atoms with E-state index in [9.17, 15) is 8.42 Å². The first kappa shape index (κ1) is 15.2. The molecule has 0 bridgehead atoms. The van der Waals surface area contributed by atoms with E-state index in [1.165, 1.54) is 12.1 Å². The van der Waals surface area contributed by atoms with Gasteiger partial charge in [0.25, 0.3) is 0 Å². The number of aliphatic hydroxyl groups is 1. The highest BCUT2D eigenvalue weighted by atomic mass is 32.2. The third-order valence-corrected chi connectivity index (χ3v) is 5.23. The van der Waals surface area contributed by atoms with Gasteiger partial charge in [-0.15, -0.1) is 0 Å². The molecule has 2 aromatic rings. The fraction of sp³-hybridized carbons (Fsp3) is 0.286. The quantitative estimate of drug-likeness (QED) is 0.859. The molecule has 0 fully saturated rings. The van der Waals surface area contributed by atoms with Gasteiger partial charge < -0.3 is 5.11 Å². The van der Waals surface area contributed by atoms with Crippen molar-refractivity contribution in [2.45, 2.75) is 30.9 Å². The first-order chi connectivity index (χ1) is 9.51. The summed E-state index contributed by atoms with van der Waals surface area (Å²) >= 11 is 1.60. The molecule has 20 heavy (non-hydrogen) atoms. The average molecular weight is 311 g/mol. The Kier molecular flexibility index (Phi) is 4.93. The normalized spacial score (nSPS) is 13.3. The van der Waals surface area contributed by atoms with Crippen LogP contribution < -0.4 is 4.72 Å². The Hall–Kier alpha value is -1.21. The Morgan fingerprint density at radius 3 is 2.45 bits per heavy atom. The summed E-state index contributed by atoms with van der Waals surface area (Å²) < 4.78 is 27.1. The lowest BCUT2D eigenvalue weighted by Gasteiger charge is -2.13. The van der Waals surface area contributed by atoms with Gasteiger partial charge in [0.2, 0.25) is 10.0 Å². The van der Waals surface area contributed by atoms with Crippen LogP contribution in [0.25, 0.3) is 0 Å². The number of aliphatic hydroxyl groups excluding tert-OH is 1. The lowest BCUT2D eigenvalue weighted by Crippen LogP contribution is -2.34. The van der Waals surface area contributed by atoms with Gasteiger partial charge in [-0.2, -0.15) is 11.3 Å². The molecule has 1 heterocycles. The average Bonchev–Trinajstić information content (AvgIpc) is 2.91. The molecular weight excluding hydrogens is 294 g/mol. The van der Waals surface area contributed by atoms with Crippen LogP contribution in [-0.2, 0) is 23.1 Å². The maximum atomic E-state index is 12.2. The van der Waals surface area contributed by atoms with Gasteiger partial charge in [0, 0.05) is 6.04 Å². The van der Waals surface area contributed by atoms with Gasteiger partial charge in [0.15, 0.2) is 0 Å². The van der Waals surface area contributed by atoms with Crippen LogP contribution >= 0.6 is 11.3 Å². The predicted molar refractivity (Wildman–Crippen MR) is 80.2 cm³/mol. The van der Waals surface area contributed by atoms with Crippen LogP contribution in [0.4, 0.5) is 0 Å². The summed E-state index contributed by atoms with van der Waals surface area (Å²) in [6.45, 7) is 1.75. The first-order valence-corrected chi connectivity index (χ1v) is 8.67. The summed E-state index contributed by atoms with van der Waals surface area (Å²) in [5.74, 6) is 0. The summed E-state index contributed by atoms with van der Waals surface area (Å²) in [4.78, 5) is 0.215. The third kappa shape index (κ3) is 3.89. The molecule has 2 N–H and O–H groups in total. The fourth-order valence-electron chi connectivity index (χ4n) is 1.91. The van der Waals surface area contributed by atoms with Gasteiger partial charge in [0.05, 0.1) is 11.5 Å². The summed E-state index contributed by atoms with van der Waals surface area (Å²) in [6.07, 6.45) is 0.664. The Balaban J connectivity index is 2.05. The zero-order chi connectivity index (χ0) is 14.6. The van der Waals surface area contributed by atoms with Crippen LogP contribution in [0.1, 0.15) is 18.1 Å². The van der Waals surface area contributed by atoms with Crippen molar-refractivity contribution in [2.75, 3.05) is 0 Å². The van der Waals surface area contributed by atoms with Crippen LogP contribution in [0.3, 0.4) is 0 Å². The molecule has 1 aromatic carbocycles. The van der Waals surface area contributed by atoms with Gasteiger partial charge in [-0.1, -0.05) is 12.1 Å². The van der Waals surface area contributed by atoms with Gasteiger partial charge in [0.1, 0.15) is 0 Å². The Labute approximate surface area is 123 Å². The molecule has 108 valence electrons. The van der Waals surface area contributed by atoms with Crippen molar-refractivity contribution in [3.63, 3.8) is 0 Å². The molecule has 1 unspecified atom stereocenters. The van der Waals surface area contributed by atoms with E-state index < -0.39 is 10.0 Å². The van der Waals surface area contributed by atoms with E-state index in [1.54, 1.807) is 23.5 Å². The highest BCUT2D eigenvalue weighted by Gasteiger charge is 2.17. The standard InChI is InChI=1S/C14H17NO3S2/c1-11(8-13-6-7-19-10-13)15-20(17,18)14-4-2-12(9-16)3-5-14/h2-7,10-11,15-16H,8-9H2,1H3. The van der Waals surface area contributed by atoms with E-state index in [4.69, 9.17) is 5.11 Å². The lowest BCUT2D eigenvalue weighted by molar-refractivity contribution is 0.282. The second-order valence-electron chi connectivity index (χ2n) is 4.66. The third-order valence-electron chi connectivity index (χ3n) is 2.89. The Morgan fingerprint density at radius 2 is 1.90 bits per heavy atom. The van der Waals surface area contributed by atoms with Gasteiger partial charge in [-0.3, -0.25) is 0 Å². The van der Waals surface area contributed by atoms with Gasteiger partial charge in [-0.25, -0.2) is 13.1 Å². The molecule has 0 amide bonds. The number of hydrogen-bond donors (Lipinski definition) is 2. The smallest absolute Gasteiger partial charge is 0.240 e. The van der Waals surface area contributed by atoms with Crippen molar-refractivity contribution in [3.8, 4) is 0 Å². The highest BCUT2D eigenvalue weighted by Crippen LogP contribution is 2.13. The predicted octanol–water partition coefficient (Wildman–Crippen LogP) is 2.15. The number of rotatable bonds is 6. The molecule has 0 aliphatic carbocycles. The zero-order valence-corrected chi connectivity index (χ0v) is 12.7. The maximum absolute atomic E-state index is 12.2. The monoisotopic (exact) mass is 311 g/mol. The molecule has 6 heteroatoms. The minimum atomic E-state index is -3.52. The molecule has 2 rings (SSSR count). The number of benzene rings is 1. The Bertz CT molecular complexity index is 634. The van der Waals surface area contributed by atoms with Crippen molar-refractivity contribution in [1.82, 2.24) is 4.72 Å². The van der Waals surface area contributed by atoms with Crippen molar-refractivity contribution in [3.05, 3.63) is 52.2 Å². The topological polar surface area (TPSA) is 66.4 Å². The molecule has 1 atom stereocenters. The molecule has 0 radical (unpaired) electrons. The minimum absolute atomic E-state index is 0.0949. The van der Waals surface area contributed by atoms with E-state index in [-0.39, 0.29) is 17.5 Å². The van der Waals surface area contributed by atoms with E-state index in [2.05, 4.69) is 4.72 Å². The summed E-state index contributed by atoms with van der Waals surface area (Å²) in [5.41, 5.74) is 1.82. The fourth-order valence-corrected chi connectivity index (χ4v) is 3.84. The second kappa shape index (κ2) is 6.49. The molecular formula is C14H17NO3S2. The molecule has 0 aliphatic heterocycles. The SMILES string of the molecule is CC(Cc1ccsc1)NS(=O)(=O)c1ccc(CO)cc1. The minimum Gasteiger partial charge on any atom is -0.392 e. The van der Waals surface area contributed by atoms with E-state index in [1.807, 2.05) is 23.8 Å². The largest absolute Gasteiger partial charge is 0.392 e. The first-order valence-electron chi connectivity index (χ1n) is 6.24. The van der Waals surface area contributed by atoms with Crippen LogP contribution in [0.15, 0.2) is 46.0 Å². The van der Waals surface area contributed by atoms with Crippen LogP contribution in [0.5, 0.6) is 0 Å². The van der Waals surface area contributed by atoms with E-state index in [0.29, 0.717) is 12.0 Å². The molecule has 1 aromatic heterocycles. The number of nitrogens with one attached hydrogen (secondary N) is 1. The number of sulfonamides is 1. The van der Waals surface area contributed by atoms with Gasteiger partial charge >= 0.3 is 0 Å². The summed E-state index contributed by atoms with van der Waals surface area (Å²) in [7, 11) is -3.52. The summed E-state index contributed by atoms with van der Waals surface area (Å²) in [6, 6.07) is 8.05. The number of hydrogen-bond acceptors (Lipinski definition) is 4. The van der Waals surface area contributed by atoms with Crippen LogP contribution in [-0.4, -0.2) is 19.6 Å². The zero-order valence-electron chi connectivity index (χ0n) is 11.1. The van der Waals surface area contributed by atoms with Crippen molar-refractivity contribution in [2.24, 2.45) is 0 Å². The van der Waals surface area contributed by atoms with Crippen LogP contribution in [0, 0.1) is 0 Å². The summed E-state index contributed by atoms with van der Waals surface area (Å²) in [5, 5.41) is 12.9.